The van der Waals surface area contributed by atoms with E-state index in [1.54, 1.807) is 0 Å². The van der Waals surface area contributed by atoms with Crippen molar-refractivity contribution in [1.29, 1.82) is 0 Å². The molecule has 1 aliphatic rings. The van der Waals surface area contributed by atoms with Gasteiger partial charge < -0.3 is 4.48 Å². The molecule has 0 saturated carbocycles. The van der Waals surface area contributed by atoms with E-state index in [1.807, 2.05) is 0 Å². The van der Waals surface area contributed by atoms with Gasteiger partial charge >= 0.3 is 0 Å². The van der Waals surface area contributed by atoms with E-state index in [0.717, 1.165) is 12.0 Å². The molecule has 0 radical (unpaired) electrons. The summed E-state index contributed by atoms with van der Waals surface area (Å²) in [6.45, 7) is 9.84. The van der Waals surface area contributed by atoms with Crippen LogP contribution in [0.3, 0.4) is 0 Å². The first kappa shape index (κ1) is 9.05. The molecular weight excluding hydrogens is 134 g/mol. The van der Waals surface area contributed by atoms with Gasteiger partial charge in [0.25, 0.3) is 0 Å². The zero-order valence-electron chi connectivity index (χ0n) is 8.43. The summed E-state index contributed by atoms with van der Waals surface area (Å²) in [6, 6.07) is 0.808. The molecule has 0 aromatic rings. The molecule has 11 heavy (non-hydrogen) atoms. The average Bonchev–Trinajstić information content (AvgIpc) is 1.95. The maximum Gasteiger partial charge on any atom is 0.0831 e. The normalized spacial score (nSPS) is 39.5. The van der Waals surface area contributed by atoms with Crippen molar-refractivity contribution in [2.45, 2.75) is 39.7 Å². The lowest BCUT2D eigenvalue weighted by atomic mass is 9.96. The Hall–Kier alpha value is -0.0400. The maximum atomic E-state index is 2.40. The monoisotopic (exact) mass is 156 g/mol. The maximum absolute atomic E-state index is 2.40. The molecule has 0 atom stereocenters. The first-order valence-electron chi connectivity index (χ1n) is 4.89. The lowest BCUT2D eigenvalue weighted by molar-refractivity contribution is -0.935. The van der Waals surface area contributed by atoms with Gasteiger partial charge in [-0.15, -0.1) is 0 Å². The lowest BCUT2D eigenvalue weighted by Crippen LogP contribution is -2.53. The number of likely N-dealkylation sites (tertiary alicyclic amines) is 1. The fourth-order valence-corrected chi connectivity index (χ4v) is 1.80. The number of hydrogen-bond acceptors (Lipinski definition) is 0. The fourth-order valence-electron chi connectivity index (χ4n) is 1.80. The van der Waals surface area contributed by atoms with Crippen molar-refractivity contribution >= 4 is 0 Å². The molecule has 66 valence electrons. The van der Waals surface area contributed by atoms with Crippen LogP contribution in [0.2, 0.25) is 0 Å². The number of rotatable bonds is 1. The summed E-state index contributed by atoms with van der Waals surface area (Å²) in [7, 11) is 2.40. The van der Waals surface area contributed by atoms with Gasteiger partial charge in [0.2, 0.25) is 0 Å². The Morgan fingerprint density at radius 3 is 2.00 bits per heavy atom. The molecule has 0 aliphatic carbocycles. The Morgan fingerprint density at radius 2 is 1.64 bits per heavy atom. The molecule has 0 aromatic heterocycles. The van der Waals surface area contributed by atoms with Gasteiger partial charge in [-0.05, 0) is 32.6 Å². The minimum atomic E-state index is 0.808. The zero-order chi connectivity index (χ0) is 8.48. The highest BCUT2D eigenvalue weighted by Gasteiger charge is 2.30. The van der Waals surface area contributed by atoms with Crippen molar-refractivity contribution in [2.24, 2.45) is 5.92 Å². The van der Waals surface area contributed by atoms with Crippen LogP contribution in [0.5, 0.6) is 0 Å². The quantitative estimate of drug-likeness (QED) is 0.511. The molecule has 1 heteroatoms. The zero-order valence-corrected chi connectivity index (χ0v) is 8.43. The van der Waals surface area contributed by atoms with Gasteiger partial charge in [-0.2, -0.15) is 0 Å². The molecule has 0 spiro atoms. The van der Waals surface area contributed by atoms with E-state index >= 15 is 0 Å². The van der Waals surface area contributed by atoms with Crippen molar-refractivity contribution < 1.29 is 4.48 Å². The Balaban J connectivity index is 2.48. The summed E-state index contributed by atoms with van der Waals surface area (Å²) in [6.07, 6.45) is 2.85. The summed E-state index contributed by atoms with van der Waals surface area (Å²) in [4.78, 5) is 0. The lowest BCUT2D eigenvalue weighted by Gasteiger charge is -2.43. The van der Waals surface area contributed by atoms with E-state index in [9.17, 15) is 0 Å². The molecule has 0 bridgehead atoms. The second-order valence-corrected chi connectivity index (χ2v) is 4.70. The van der Waals surface area contributed by atoms with Crippen LogP contribution >= 0.6 is 0 Å². The summed E-state index contributed by atoms with van der Waals surface area (Å²) in [5.41, 5.74) is 0. The number of piperidine rings is 1. The highest BCUT2D eigenvalue weighted by Crippen LogP contribution is 2.23. The summed E-state index contributed by atoms with van der Waals surface area (Å²) in [5.74, 6) is 0.972. The number of quaternary nitrogens is 1. The molecule has 1 nitrogen and oxygen atoms in total. The molecule has 1 rings (SSSR count). The third-order valence-corrected chi connectivity index (χ3v) is 3.51. The van der Waals surface area contributed by atoms with Crippen LogP contribution in [0.1, 0.15) is 33.6 Å². The summed E-state index contributed by atoms with van der Waals surface area (Å²) >= 11 is 0. The molecule has 1 aliphatic heterocycles. The first-order valence-corrected chi connectivity index (χ1v) is 4.89. The van der Waals surface area contributed by atoms with E-state index in [4.69, 9.17) is 0 Å². The Kier molecular flexibility index (Phi) is 2.58. The van der Waals surface area contributed by atoms with Crippen molar-refractivity contribution in [1.82, 2.24) is 0 Å². The summed E-state index contributed by atoms with van der Waals surface area (Å²) in [5, 5.41) is 0. The van der Waals surface area contributed by atoms with Crippen molar-refractivity contribution in [3.8, 4) is 0 Å². The third kappa shape index (κ3) is 1.96. The van der Waals surface area contributed by atoms with Crippen LogP contribution in [0, 0.1) is 5.92 Å². The largest absolute Gasteiger partial charge is 0.324 e. The van der Waals surface area contributed by atoms with Crippen molar-refractivity contribution in [3.63, 3.8) is 0 Å². The minimum absolute atomic E-state index is 0.808. The number of hydrogen-bond donors (Lipinski definition) is 0. The van der Waals surface area contributed by atoms with Gasteiger partial charge in [-0.1, -0.05) is 6.92 Å². The van der Waals surface area contributed by atoms with Crippen molar-refractivity contribution in [3.05, 3.63) is 0 Å². The van der Waals surface area contributed by atoms with E-state index in [1.165, 1.54) is 30.4 Å². The van der Waals surface area contributed by atoms with Crippen LogP contribution in [0.4, 0.5) is 0 Å². The van der Waals surface area contributed by atoms with Gasteiger partial charge in [0.05, 0.1) is 26.2 Å². The predicted molar refractivity (Wildman–Crippen MR) is 49.5 cm³/mol. The van der Waals surface area contributed by atoms with E-state index in [0.29, 0.717) is 0 Å². The van der Waals surface area contributed by atoms with Gasteiger partial charge in [0.15, 0.2) is 0 Å². The minimum Gasteiger partial charge on any atom is -0.324 e. The molecule has 0 amide bonds. The third-order valence-electron chi connectivity index (χ3n) is 3.51. The fraction of sp³-hybridized carbons (Fsp3) is 1.00. The van der Waals surface area contributed by atoms with E-state index in [-0.39, 0.29) is 0 Å². The van der Waals surface area contributed by atoms with Gasteiger partial charge in [0.1, 0.15) is 0 Å². The standard InChI is InChI=1S/C10H22N/c1-9(2)11(4)7-5-10(3)6-8-11/h9-10H,5-8H2,1-4H3/q+1. The molecule has 1 heterocycles. The highest BCUT2D eigenvalue weighted by atomic mass is 15.3. The molecule has 0 aromatic carbocycles. The topological polar surface area (TPSA) is 0 Å². The summed E-state index contributed by atoms with van der Waals surface area (Å²) < 4.78 is 1.30. The van der Waals surface area contributed by atoms with Gasteiger partial charge in [-0.3, -0.25) is 0 Å². The molecule has 1 fully saturated rings. The van der Waals surface area contributed by atoms with Crippen LogP contribution in [-0.2, 0) is 0 Å². The average molecular weight is 156 g/mol. The Labute approximate surface area is 71.0 Å². The number of nitrogens with zero attached hydrogens (tertiary/aromatic N) is 1. The highest BCUT2D eigenvalue weighted by molar-refractivity contribution is 4.60. The van der Waals surface area contributed by atoms with Gasteiger partial charge in [-0.25, -0.2) is 0 Å². The second-order valence-electron chi connectivity index (χ2n) is 4.70. The molecule has 1 saturated heterocycles. The van der Waals surface area contributed by atoms with E-state index < -0.39 is 0 Å². The van der Waals surface area contributed by atoms with Crippen LogP contribution in [0.25, 0.3) is 0 Å². The SMILES string of the molecule is CC1CC[N+](C)(C(C)C)CC1. The molecule has 0 N–H and O–H groups in total. The van der Waals surface area contributed by atoms with E-state index in [2.05, 4.69) is 27.8 Å². The first-order chi connectivity index (χ1) is 5.04. The Morgan fingerprint density at radius 1 is 1.18 bits per heavy atom. The predicted octanol–water partition coefficient (Wildman–Crippen LogP) is 2.27. The van der Waals surface area contributed by atoms with Crippen LogP contribution in [0.15, 0.2) is 0 Å². The molecular formula is C10H22N+. The molecule has 0 unspecified atom stereocenters. The van der Waals surface area contributed by atoms with Gasteiger partial charge in [0, 0.05) is 0 Å². The Bertz CT molecular complexity index is 121. The van der Waals surface area contributed by atoms with Crippen molar-refractivity contribution in [2.75, 3.05) is 20.1 Å². The van der Waals surface area contributed by atoms with Crippen LogP contribution < -0.4 is 0 Å². The smallest absolute Gasteiger partial charge is 0.0831 e. The second kappa shape index (κ2) is 3.14. The van der Waals surface area contributed by atoms with Crippen LogP contribution in [-0.4, -0.2) is 30.7 Å².